The summed E-state index contributed by atoms with van der Waals surface area (Å²) < 4.78 is 6.01. The maximum Gasteiger partial charge on any atom is 0.135 e. The van der Waals surface area contributed by atoms with Crippen LogP contribution in [-0.4, -0.2) is 36.9 Å². The van der Waals surface area contributed by atoms with Crippen LogP contribution in [0.3, 0.4) is 0 Å². The lowest BCUT2D eigenvalue weighted by Gasteiger charge is -2.26. The number of piperidine rings is 1. The molecule has 0 atom stereocenters. The van der Waals surface area contributed by atoms with Crippen molar-refractivity contribution >= 4 is 5.78 Å². The number of fused-ring (bicyclic) bond motifs is 1. The van der Waals surface area contributed by atoms with E-state index in [0.717, 1.165) is 38.4 Å². The van der Waals surface area contributed by atoms with Crippen molar-refractivity contribution in [2.45, 2.75) is 38.5 Å². The van der Waals surface area contributed by atoms with E-state index in [-0.39, 0.29) is 0 Å². The summed E-state index contributed by atoms with van der Waals surface area (Å²) in [5.41, 5.74) is 2.89. The van der Waals surface area contributed by atoms with Crippen molar-refractivity contribution in [3.8, 4) is 5.75 Å². The molecule has 1 heterocycles. The number of hydrogen-bond acceptors (Lipinski definition) is 3. The predicted octanol–water partition coefficient (Wildman–Crippen LogP) is 2.61. The van der Waals surface area contributed by atoms with Crippen molar-refractivity contribution in [3.63, 3.8) is 0 Å². The van der Waals surface area contributed by atoms with Crippen molar-refractivity contribution in [3.05, 3.63) is 29.3 Å². The molecule has 108 valence electrons. The van der Waals surface area contributed by atoms with Crippen molar-refractivity contribution in [2.24, 2.45) is 0 Å². The largest absolute Gasteiger partial charge is 0.492 e. The van der Waals surface area contributed by atoms with Crippen molar-refractivity contribution in [1.29, 1.82) is 0 Å². The van der Waals surface area contributed by atoms with E-state index in [1.54, 1.807) is 0 Å². The van der Waals surface area contributed by atoms with Gasteiger partial charge in [0.05, 0.1) is 0 Å². The number of ketones is 1. The summed E-state index contributed by atoms with van der Waals surface area (Å²) in [6, 6.07) is 6.44. The van der Waals surface area contributed by atoms with E-state index in [1.165, 1.54) is 30.4 Å². The molecule has 2 aliphatic rings. The summed E-state index contributed by atoms with van der Waals surface area (Å²) in [4.78, 5) is 13.5. The van der Waals surface area contributed by atoms with Crippen LogP contribution >= 0.6 is 0 Å². The van der Waals surface area contributed by atoms with Gasteiger partial charge in [0.1, 0.15) is 18.1 Å². The molecule has 1 aromatic carbocycles. The molecule has 1 aromatic rings. The lowest BCUT2D eigenvalue weighted by atomic mass is 9.91. The second-order valence-electron chi connectivity index (χ2n) is 5.83. The van der Waals surface area contributed by atoms with Gasteiger partial charge >= 0.3 is 0 Å². The minimum Gasteiger partial charge on any atom is -0.492 e. The number of nitrogens with zero attached hydrogens (tertiary/aromatic N) is 1. The lowest BCUT2D eigenvalue weighted by Crippen LogP contribution is -2.36. The Labute approximate surface area is 120 Å². The Balaban J connectivity index is 1.52. The first-order valence-corrected chi connectivity index (χ1v) is 7.80. The predicted molar refractivity (Wildman–Crippen MR) is 79.3 cm³/mol. The van der Waals surface area contributed by atoms with Crippen LogP contribution in [-0.2, 0) is 17.6 Å². The van der Waals surface area contributed by atoms with E-state index in [1.807, 2.05) is 0 Å². The first kappa shape index (κ1) is 13.6. The second kappa shape index (κ2) is 6.40. The molecule has 0 N–H and O–H groups in total. The number of benzene rings is 1. The van der Waals surface area contributed by atoms with E-state index < -0.39 is 0 Å². The Morgan fingerprint density at radius 1 is 1.05 bits per heavy atom. The summed E-state index contributed by atoms with van der Waals surface area (Å²) in [5, 5.41) is 0. The molecule has 3 heteroatoms. The van der Waals surface area contributed by atoms with Crippen LogP contribution in [0.25, 0.3) is 0 Å². The van der Waals surface area contributed by atoms with Gasteiger partial charge in [0.15, 0.2) is 0 Å². The molecule has 0 aromatic heterocycles. The average Bonchev–Trinajstić information content (AvgIpc) is 2.49. The summed E-state index contributed by atoms with van der Waals surface area (Å²) in [6.45, 7) is 3.45. The van der Waals surface area contributed by atoms with Crippen LogP contribution in [0.4, 0.5) is 0 Å². The fourth-order valence-electron chi connectivity index (χ4n) is 3.19. The molecule has 1 aliphatic heterocycles. The number of carbonyl (C=O) groups excluding carboxylic acids is 1. The van der Waals surface area contributed by atoms with Crippen LogP contribution in [0.1, 0.15) is 36.8 Å². The van der Waals surface area contributed by atoms with Crippen LogP contribution in [0.2, 0.25) is 0 Å². The van der Waals surface area contributed by atoms with Gasteiger partial charge in [0.25, 0.3) is 0 Å². The smallest absolute Gasteiger partial charge is 0.135 e. The molecule has 0 unspecified atom stereocenters. The molecule has 1 aliphatic carbocycles. The van der Waals surface area contributed by atoms with Gasteiger partial charge in [-0.3, -0.25) is 9.69 Å². The number of ether oxygens (including phenoxy) is 1. The highest BCUT2D eigenvalue weighted by Crippen LogP contribution is 2.29. The normalized spacial score (nSPS) is 19.7. The maximum absolute atomic E-state index is 11.2. The monoisotopic (exact) mass is 273 g/mol. The second-order valence-corrected chi connectivity index (χ2v) is 5.83. The Hall–Kier alpha value is -1.35. The van der Waals surface area contributed by atoms with Gasteiger partial charge in [-0.25, -0.2) is 0 Å². The van der Waals surface area contributed by atoms with Crippen LogP contribution < -0.4 is 4.74 Å². The molecule has 0 radical (unpaired) electrons. The highest BCUT2D eigenvalue weighted by Gasteiger charge is 2.17. The van der Waals surface area contributed by atoms with E-state index >= 15 is 0 Å². The fourth-order valence-corrected chi connectivity index (χ4v) is 3.19. The molecule has 20 heavy (non-hydrogen) atoms. The number of rotatable bonds is 4. The van der Waals surface area contributed by atoms with Crippen LogP contribution in [0.15, 0.2) is 18.2 Å². The summed E-state index contributed by atoms with van der Waals surface area (Å²) >= 11 is 0. The summed E-state index contributed by atoms with van der Waals surface area (Å²) in [7, 11) is 0. The average molecular weight is 273 g/mol. The molecule has 0 saturated carbocycles. The molecule has 3 rings (SSSR count). The number of aryl methyl sites for hydroxylation is 1. The van der Waals surface area contributed by atoms with Gasteiger partial charge in [-0.15, -0.1) is 0 Å². The fraction of sp³-hybridized carbons (Fsp3) is 0.588. The SMILES string of the molecule is O=C1CCN(CCOc2cccc3c2CCCC3)CC1. The van der Waals surface area contributed by atoms with Crippen molar-refractivity contribution in [1.82, 2.24) is 4.90 Å². The van der Waals surface area contributed by atoms with Crippen molar-refractivity contribution < 1.29 is 9.53 Å². The molecular weight excluding hydrogens is 250 g/mol. The van der Waals surface area contributed by atoms with Gasteiger partial charge in [-0.05, 0) is 42.9 Å². The first-order chi connectivity index (χ1) is 9.83. The topological polar surface area (TPSA) is 29.5 Å². The standard InChI is InChI=1S/C17H23NO2/c19-15-8-10-18(11-9-15)12-13-20-17-7-3-5-14-4-1-2-6-16(14)17/h3,5,7H,1-2,4,6,8-13H2. The zero-order valence-corrected chi connectivity index (χ0v) is 12.1. The third-order valence-corrected chi connectivity index (χ3v) is 4.43. The molecular formula is C17H23NO2. The third kappa shape index (κ3) is 3.21. The van der Waals surface area contributed by atoms with Crippen LogP contribution in [0.5, 0.6) is 5.75 Å². The quantitative estimate of drug-likeness (QED) is 0.844. The molecule has 0 spiro atoms. The highest BCUT2D eigenvalue weighted by atomic mass is 16.5. The Kier molecular flexibility index (Phi) is 4.36. The zero-order valence-electron chi connectivity index (χ0n) is 12.1. The van der Waals surface area contributed by atoms with Gasteiger partial charge in [0, 0.05) is 32.5 Å². The number of Topliss-reactive ketones (excluding diaryl/α,β-unsaturated/α-hetero) is 1. The lowest BCUT2D eigenvalue weighted by molar-refractivity contribution is -0.121. The van der Waals surface area contributed by atoms with Gasteiger partial charge in [0.2, 0.25) is 0 Å². The van der Waals surface area contributed by atoms with Gasteiger partial charge in [-0.1, -0.05) is 12.1 Å². The minimum atomic E-state index is 0.402. The van der Waals surface area contributed by atoms with E-state index in [2.05, 4.69) is 23.1 Å². The Bertz CT molecular complexity index is 474. The maximum atomic E-state index is 11.2. The molecule has 3 nitrogen and oxygen atoms in total. The van der Waals surface area contributed by atoms with Crippen molar-refractivity contribution in [2.75, 3.05) is 26.2 Å². The van der Waals surface area contributed by atoms with E-state index in [0.29, 0.717) is 18.6 Å². The molecule has 0 amide bonds. The van der Waals surface area contributed by atoms with Gasteiger partial charge in [-0.2, -0.15) is 0 Å². The third-order valence-electron chi connectivity index (χ3n) is 4.43. The number of likely N-dealkylation sites (tertiary alicyclic amines) is 1. The summed E-state index contributed by atoms with van der Waals surface area (Å²) in [6.07, 6.45) is 6.35. The Morgan fingerprint density at radius 2 is 1.85 bits per heavy atom. The number of carbonyl (C=O) groups is 1. The summed E-state index contributed by atoms with van der Waals surface area (Å²) in [5.74, 6) is 1.48. The van der Waals surface area contributed by atoms with Crippen LogP contribution in [0, 0.1) is 0 Å². The van der Waals surface area contributed by atoms with Gasteiger partial charge < -0.3 is 4.74 Å². The molecule has 0 bridgehead atoms. The van der Waals surface area contributed by atoms with E-state index in [4.69, 9.17) is 4.74 Å². The van der Waals surface area contributed by atoms with E-state index in [9.17, 15) is 4.79 Å². The minimum absolute atomic E-state index is 0.402. The zero-order chi connectivity index (χ0) is 13.8. The number of hydrogen-bond donors (Lipinski definition) is 0. The first-order valence-electron chi connectivity index (χ1n) is 7.80. The molecule has 1 saturated heterocycles. The highest BCUT2D eigenvalue weighted by molar-refractivity contribution is 5.79. The Morgan fingerprint density at radius 3 is 2.70 bits per heavy atom. The molecule has 1 fully saturated rings.